The lowest BCUT2D eigenvalue weighted by molar-refractivity contribution is -0.151. The fraction of sp³-hybridized carbons (Fsp3) is 0.323. The quantitative estimate of drug-likeness (QED) is 0.362. The van der Waals surface area contributed by atoms with Gasteiger partial charge in [0.05, 0.1) is 32.6 Å². The van der Waals surface area contributed by atoms with E-state index in [4.69, 9.17) is 9.47 Å². The van der Waals surface area contributed by atoms with E-state index in [1.165, 1.54) is 19.2 Å². The number of rotatable bonds is 9. The molecule has 1 fully saturated rings. The lowest BCUT2D eigenvalue weighted by Crippen LogP contribution is -2.41. The van der Waals surface area contributed by atoms with Crippen LogP contribution < -0.4 is 9.64 Å². The predicted octanol–water partition coefficient (Wildman–Crippen LogP) is 5.03. The highest BCUT2D eigenvalue weighted by atomic mass is 19.1. The molecule has 1 heterocycles. The lowest BCUT2D eigenvalue weighted by Gasteiger charge is -2.31. The van der Waals surface area contributed by atoms with Crippen LogP contribution in [0.3, 0.4) is 0 Å². The van der Waals surface area contributed by atoms with Gasteiger partial charge in [0, 0.05) is 24.3 Å². The van der Waals surface area contributed by atoms with Gasteiger partial charge in [0.25, 0.3) is 5.91 Å². The summed E-state index contributed by atoms with van der Waals surface area (Å²) in [5.41, 5.74) is 2.53. The number of anilines is 1. The molecule has 0 atom stereocenters. The van der Waals surface area contributed by atoms with Crippen molar-refractivity contribution in [2.75, 3.05) is 31.7 Å². The summed E-state index contributed by atoms with van der Waals surface area (Å²) in [5, 5.41) is 0. The van der Waals surface area contributed by atoms with Gasteiger partial charge in [0.1, 0.15) is 11.6 Å². The lowest BCUT2D eigenvalue weighted by atomic mass is 9.96. The number of hydrogen-bond donors (Lipinski definition) is 0. The molecule has 0 bridgehead atoms. The van der Waals surface area contributed by atoms with Gasteiger partial charge in [-0.1, -0.05) is 30.3 Å². The molecule has 3 aromatic rings. The SMILES string of the molecule is CCOC(=O)C1CCN(C(=O)Cc2ccc(N(Cc3cccc(F)c3)C(=O)c3cccc(OC)c3)cc2)CC1. The molecule has 0 radical (unpaired) electrons. The average Bonchev–Trinajstić information content (AvgIpc) is 2.96. The molecule has 0 saturated carbocycles. The fourth-order valence-corrected chi connectivity index (χ4v) is 4.72. The van der Waals surface area contributed by atoms with Crippen LogP contribution in [-0.4, -0.2) is 49.5 Å². The van der Waals surface area contributed by atoms with E-state index in [2.05, 4.69) is 0 Å². The fourth-order valence-electron chi connectivity index (χ4n) is 4.72. The van der Waals surface area contributed by atoms with Crippen LogP contribution in [0.15, 0.2) is 72.8 Å². The summed E-state index contributed by atoms with van der Waals surface area (Å²) in [6.07, 6.45) is 1.42. The van der Waals surface area contributed by atoms with Gasteiger partial charge in [-0.05, 0) is 73.4 Å². The van der Waals surface area contributed by atoms with E-state index >= 15 is 0 Å². The number of likely N-dealkylation sites (tertiary alicyclic amines) is 1. The number of carbonyl (C=O) groups excluding carboxylic acids is 3. The number of piperidine rings is 1. The Bertz CT molecular complexity index is 1300. The molecule has 4 rings (SSSR count). The second-order valence-electron chi connectivity index (χ2n) is 9.50. The molecule has 0 unspecified atom stereocenters. The maximum atomic E-state index is 13.9. The van der Waals surface area contributed by atoms with E-state index in [0.717, 1.165) is 5.56 Å². The van der Waals surface area contributed by atoms with Crippen LogP contribution in [-0.2, 0) is 27.3 Å². The first kappa shape index (κ1) is 27.8. The van der Waals surface area contributed by atoms with Gasteiger partial charge >= 0.3 is 5.97 Å². The number of methoxy groups -OCH3 is 1. The summed E-state index contributed by atoms with van der Waals surface area (Å²) >= 11 is 0. The molecule has 0 N–H and O–H groups in total. The Hall–Kier alpha value is -4.20. The molecule has 1 aliphatic rings. The van der Waals surface area contributed by atoms with Gasteiger partial charge in [-0.3, -0.25) is 14.4 Å². The third kappa shape index (κ3) is 7.22. The minimum absolute atomic E-state index is 0.00543. The summed E-state index contributed by atoms with van der Waals surface area (Å²) in [7, 11) is 1.54. The highest BCUT2D eigenvalue weighted by molar-refractivity contribution is 6.06. The zero-order valence-corrected chi connectivity index (χ0v) is 22.3. The largest absolute Gasteiger partial charge is 0.497 e. The Morgan fingerprint density at radius 2 is 1.67 bits per heavy atom. The van der Waals surface area contributed by atoms with Crippen LogP contribution in [0, 0.1) is 11.7 Å². The third-order valence-electron chi connectivity index (χ3n) is 6.86. The smallest absolute Gasteiger partial charge is 0.309 e. The molecule has 8 heteroatoms. The van der Waals surface area contributed by atoms with Gasteiger partial charge in [0.2, 0.25) is 5.91 Å². The molecular weight excluding hydrogens is 499 g/mol. The number of halogens is 1. The summed E-state index contributed by atoms with van der Waals surface area (Å²) in [5.74, 6) is -0.417. The van der Waals surface area contributed by atoms with Crippen LogP contribution in [0.2, 0.25) is 0 Å². The second-order valence-corrected chi connectivity index (χ2v) is 9.50. The predicted molar refractivity (Wildman–Crippen MR) is 146 cm³/mol. The summed E-state index contributed by atoms with van der Waals surface area (Å²) in [6.45, 7) is 3.37. The molecule has 1 aliphatic heterocycles. The molecular formula is C31H33FN2O5. The highest BCUT2D eigenvalue weighted by Gasteiger charge is 2.28. The van der Waals surface area contributed by atoms with Crippen molar-refractivity contribution in [3.63, 3.8) is 0 Å². The van der Waals surface area contributed by atoms with Gasteiger partial charge in [-0.2, -0.15) is 0 Å². The zero-order chi connectivity index (χ0) is 27.8. The van der Waals surface area contributed by atoms with Crippen molar-refractivity contribution in [3.8, 4) is 5.75 Å². The van der Waals surface area contributed by atoms with E-state index in [1.807, 2.05) is 12.1 Å². The van der Waals surface area contributed by atoms with Gasteiger partial charge in [0.15, 0.2) is 0 Å². The van der Waals surface area contributed by atoms with Crippen molar-refractivity contribution in [1.29, 1.82) is 0 Å². The Kier molecular flexibility index (Phi) is 9.31. The Morgan fingerprint density at radius 1 is 0.949 bits per heavy atom. The monoisotopic (exact) mass is 532 g/mol. The van der Waals surface area contributed by atoms with Crippen molar-refractivity contribution >= 4 is 23.5 Å². The molecule has 204 valence electrons. The van der Waals surface area contributed by atoms with E-state index in [9.17, 15) is 18.8 Å². The number of nitrogens with zero attached hydrogens (tertiary/aromatic N) is 2. The molecule has 3 aromatic carbocycles. The molecule has 1 saturated heterocycles. The van der Waals surface area contributed by atoms with Gasteiger partial charge in [-0.25, -0.2) is 4.39 Å². The average molecular weight is 533 g/mol. The second kappa shape index (κ2) is 13.0. The van der Waals surface area contributed by atoms with Gasteiger partial charge in [-0.15, -0.1) is 0 Å². The van der Waals surface area contributed by atoms with Crippen LogP contribution >= 0.6 is 0 Å². The van der Waals surface area contributed by atoms with E-state index in [0.29, 0.717) is 55.1 Å². The summed E-state index contributed by atoms with van der Waals surface area (Å²) < 4.78 is 24.3. The molecule has 2 amide bonds. The zero-order valence-electron chi connectivity index (χ0n) is 22.3. The molecule has 0 aliphatic carbocycles. The Labute approximate surface area is 228 Å². The number of esters is 1. The minimum atomic E-state index is -0.374. The first-order valence-electron chi connectivity index (χ1n) is 13.1. The van der Waals surface area contributed by atoms with Crippen LogP contribution in [0.1, 0.15) is 41.3 Å². The van der Waals surface area contributed by atoms with E-state index < -0.39 is 0 Å². The number of amides is 2. The van der Waals surface area contributed by atoms with Crippen molar-refractivity contribution in [2.45, 2.75) is 32.7 Å². The summed E-state index contributed by atoms with van der Waals surface area (Å²) in [6, 6.07) is 20.3. The molecule has 39 heavy (non-hydrogen) atoms. The van der Waals surface area contributed by atoms with Crippen molar-refractivity contribution in [2.24, 2.45) is 5.92 Å². The van der Waals surface area contributed by atoms with Gasteiger partial charge < -0.3 is 19.3 Å². The minimum Gasteiger partial charge on any atom is -0.497 e. The Balaban J connectivity index is 1.47. The number of hydrogen-bond acceptors (Lipinski definition) is 5. The standard InChI is InChI=1S/C31H33FN2O5/c1-3-39-31(37)24-14-16-33(17-15-24)29(35)19-22-10-12-27(13-11-22)34(21-23-6-4-8-26(32)18-23)30(36)25-7-5-9-28(20-25)38-2/h4-13,18,20,24H,3,14-17,19,21H2,1-2H3. The van der Waals surface area contributed by atoms with Crippen LogP contribution in [0.5, 0.6) is 5.75 Å². The number of ether oxygens (including phenoxy) is 2. The maximum absolute atomic E-state index is 13.9. The van der Waals surface area contributed by atoms with E-state index in [-0.39, 0.29) is 42.5 Å². The molecule has 0 spiro atoms. The van der Waals surface area contributed by atoms with Crippen molar-refractivity contribution in [1.82, 2.24) is 4.90 Å². The topological polar surface area (TPSA) is 76.2 Å². The number of benzene rings is 3. The highest BCUT2D eigenvalue weighted by Crippen LogP contribution is 2.24. The summed E-state index contributed by atoms with van der Waals surface area (Å²) in [4.78, 5) is 41.8. The number of carbonyl (C=O) groups is 3. The molecule has 7 nitrogen and oxygen atoms in total. The first-order chi connectivity index (χ1) is 18.9. The van der Waals surface area contributed by atoms with Crippen molar-refractivity contribution in [3.05, 3.63) is 95.3 Å². The van der Waals surface area contributed by atoms with E-state index in [1.54, 1.807) is 65.3 Å². The van der Waals surface area contributed by atoms with Crippen molar-refractivity contribution < 1.29 is 28.2 Å². The molecule has 0 aromatic heterocycles. The Morgan fingerprint density at radius 3 is 2.33 bits per heavy atom. The maximum Gasteiger partial charge on any atom is 0.309 e. The normalized spacial score (nSPS) is 13.6. The van der Waals surface area contributed by atoms with Crippen LogP contribution in [0.4, 0.5) is 10.1 Å². The first-order valence-corrected chi connectivity index (χ1v) is 13.1. The van der Waals surface area contributed by atoms with Crippen LogP contribution in [0.25, 0.3) is 0 Å². The third-order valence-corrected chi connectivity index (χ3v) is 6.86.